The van der Waals surface area contributed by atoms with Crippen LogP contribution in [0.2, 0.25) is 0 Å². The fourth-order valence-corrected chi connectivity index (χ4v) is 6.35. The summed E-state index contributed by atoms with van der Waals surface area (Å²) < 4.78 is 40.8. The lowest BCUT2D eigenvalue weighted by Crippen LogP contribution is -2.32. The monoisotopic (exact) mass is 518 g/mol. The molecule has 0 bridgehead atoms. The van der Waals surface area contributed by atoms with E-state index >= 15 is 0 Å². The number of aromatic nitrogens is 5. The van der Waals surface area contributed by atoms with Gasteiger partial charge in [0.1, 0.15) is 11.1 Å². The fourth-order valence-electron chi connectivity index (χ4n) is 5.37. The van der Waals surface area contributed by atoms with Gasteiger partial charge in [0.25, 0.3) is 0 Å². The second-order valence-corrected chi connectivity index (χ2v) is 11.1. The van der Waals surface area contributed by atoms with E-state index in [1.807, 2.05) is 9.95 Å². The van der Waals surface area contributed by atoms with Crippen molar-refractivity contribution in [1.29, 1.82) is 0 Å². The summed E-state index contributed by atoms with van der Waals surface area (Å²) in [6, 6.07) is 0. The van der Waals surface area contributed by atoms with E-state index in [0.29, 0.717) is 49.3 Å². The van der Waals surface area contributed by atoms with E-state index in [9.17, 15) is 18.3 Å². The van der Waals surface area contributed by atoms with E-state index in [0.717, 1.165) is 23.5 Å². The molecule has 2 saturated carbocycles. The van der Waals surface area contributed by atoms with Gasteiger partial charge in [-0.3, -0.25) is 0 Å². The Kier molecular flexibility index (Phi) is 6.68. The van der Waals surface area contributed by atoms with Crippen LogP contribution >= 0.6 is 11.3 Å². The summed E-state index contributed by atoms with van der Waals surface area (Å²) in [5.41, 5.74) is 6.86. The van der Waals surface area contributed by atoms with Gasteiger partial charge in [-0.05, 0) is 56.8 Å². The van der Waals surface area contributed by atoms with Gasteiger partial charge in [0.05, 0.1) is 29.5 Å². The smallest absolute Gasteiger partial charge is 0.382 e. The molecule has 36 heavy (non-hydrogen) atoms. The molecule has 0 amide bonds. The number of imidazole rings is 1. The lowest BCUT2D eigenvalue weighted by Gasteiger charge is -2.30. The molecule has 2 fully saturated rings. The van der Waals surface area contributed by atoms with Gasteiger partial charge in [0.2, 0.25) is 5.82 Å². The number of nitrogen functional groups attached to an aromatic ring is 1. The normalized spacial score (nSPS) is 27.1. The second kappa shape index (κ2) is 9.63. The molecular weight excluding hydrogens is 489 g/mol. The van der Waals surface area contributed by atoms with Crippen LogP contribution in [0.4, 0.5) is 19.0 Å². The van der Waals surface area contributed by atoms with Crippen LogP contribution in [0.15, 0.2) is 11.7 Å². The SMILES string of the molecule is C[C@@H]1CCC[C@@](O)(C#Cc2nc(N)c3ncn(Cc4csc(C5CCC(C(F)(F)F)CC5)n4)c3n2)C1. The van der Waals surface area contributed by atoms with Gasteiger partial charge in [-0.2, -0.15) is 13.2 Å². The Morgan fingerprint density at radius 1 is 1.19 bits per heavy atom. The standard InChI is InChI=1S/C25H29F3N6OS/c1-15-3-2-9-24(35,11-15)10-8-19-32-21(29)20-22(33-19)34(14-30-20)12-18-13-36-23(31-18)16-4-6-17(7-5-16)25(26,27)28/h13-17,35H,2-7,9,11-12H2,1H3,(H2,29,32,33)/t15-,16?,17?,24-/m1/s1. The highest BCUT2D eigenvalue weighted by molar-refractivity contribution is 7.09. The molecule has 3 aromatic rings. The maximum absolute atomic E-state index is 13.0. The summed E-state index contributed by atoms with van der Waals surface area (Å²) in [5, 5.41) is 13.6. The molecule has 2 atom stereocenters. The minimum absolute atomic E-state index is 0.0648. The van der Waals surface area contributed by atoms with Crippen LogP contribution in [0.25, 0.3) is 11.2 Å². The molecule has 11 heteroatoms. The number of fused-ring (bicyclic) bond motifs is 1. The van der Waals surface area contributed by atoms with Gasteiger partial charge in [-0.15, -0.1) is 11.3 Å². The zero-order valence-electron chi connectivity index (χ0n) is 20.1. The molecule has 192 valence electrons. The van der Waals surface area contributed by atoms with Crippen molar-refractivity contribution in [2.75, 3.05) is 5.73 Å². The number of nitrogens with two attached hydrogens (primary N) is 1. The highest BCUT2D eigenvalue weighted by Gasteiger charge is 2.42. The lowest BCUT2D eigenvalue weighted by atomic mass is 9.79. The zero-order valence-corrected chi connectivity index (χ0v) is 20.9. The van der Waals surface area contributed by atoms with Crippen LogP contribution in [0.5, 0.6) is 0 Å². The van der Waals surface area contributed by atoms with Crippen LogP contribution < -0.4 is 5.73 Å². The lowest BCUT2D eigenvalue weighted by molar-refractivity contribution is -0.182. The summed E-state index contributed by atoms with van der Waals surface area (Å²) in [6.45, 7) is 2.51. The first-order chi connectivity index (χ1) is 17.1. The third-order valence-corrected chi connectivity index (χ3v) is 8.37. The molecule has 0 aliphatic heterocycles. The minimum Gasteiger partial charge on any atom is -0.382 e. The molecule has 0 spiro atoms. The average Bonchev–Trinajstić information content (AvgIpc) is 3.45. The highest BCUT2D eigenvalue weighted by Crippen LogP contribution is 2.43. The molecule has 3 heterocycles. The number of anilines is 1. The van der Waals surface area contributed by atoms with Gasteiger partial charge in [-0.1, -0.05) is 19.3 Å². The van der Waals surface area contributed by atoms with Gasteiger partial charge in [-0.25, -0.2) is 19.9 Å². The van der Waals surface area contributed by atoms with E-state index < -0.39 is 17.7 Å². The first-order valence-electron chi connectivity index (χ1n) is 12.3. The summed E-state index contributed by atoms with van der Waals surface area (Å²) in [6.07, 6.45) is 2.10. The van der Waals surface area contributed by atoms with E-state index in [1.54, 1.807) is 6.33 Å². The first-order valence-corrected chi connectivity index (χ1v) is 13.2. The van der Waals surface area contributed by atoms with E-state index in [1.165, 1.54) is 11.3 Å². The van der Waals surface area contributed by atoms with Crippen molar-refractivity contribution >= 4 is 28.3 Å². The van der Waals surface area contributed by atoms with Gasteiger partial charge in [0, 0.05) is 11.3 Å². The Morgan fingerprint density at radius 3 is 2.69 bits per heavy atom. The molecule has 0 radical (unpaired) electrons. The molecule has 5 rings (SSSR count). The Hall–Kier alpha value is -2.71. The number of halogens is 3. The largest absolute Gasteiger partial charge is 0.391 e. The molecule has 3 aromatic heterocycles. The summed E-state index contributed by atoms with van der Waals surface area (Å²) in [4.78, 5) is 17.9. The fraction of sp³-hybridized carbons (Fsp3) is 0.600. The number of alkyl halides is 3. The third-order valence-electron chi connectivity index (χ3n) is 7.31. The number of nitrogens with zero attached hydrogens (tertiary/aromatic N) is 5. The molecule has 2 aliphatic rings. The topological polar surface area (TPSA) is 103 Å². The van der Waals surface area contributed by atoms with Crippen molar-refractivity contribution in [2.24, 2.45) is 11.8 Å². The minimum atomic E-state index is -4.11. The van der Waals surface area contributed by atoms with Gasteiger partial charge in [0.15, 0.2) is 11.5 Å². The van der Waals surface area contributed by atoms with E-state index in [-0.39, 0.29) is 30.4 Å². The van der Waals surface area contributed by atoms with Crippen molar-refractivity contribution in [3.63, 3.8) is 0 Å². The average molecular weight is 519 g/mol. The zero-order chi connectivity index (χ0) is 25.5. The van der Waals surface area contributed by atoms with Crippen molar-refractivity contribution in [3.8, 4) is 11.8 Å². The van der Waals surface area contributed by atoms with Crippen LogP contribution in [0.3, 0.4) is 0 Å². The molecule has 0 saturated heterocycles. The second-order valence-electron chi connectivity index (χ2n) is 10.2. The Morgan fingerprint density at radius 2 is 1.97 bits per heavy atom. The molecule has 3 N–H and O–H groups in total. The van der Waals surface area contributed by atoms with Crippen molar-refractivity contribution in [3.05, 3.63) is 28.2 Å². The van der Waals surface area contributed by atoms with Crippen molar-refractivity contribution in [2.45, 2.75) is 82.5 Å². The third kappa shape index (κ3) is 5.34. The van der Waals surface area contributed by atoms with Crippen molar-refractivity contribution in [1.82, 2.24) is 24.5 Å². The van der Waals surface area contributed by atoms with Crippen LogP contribution in [-0.2, 0) is 6.54 Å². The van der Waals surface area contributed by atoms with Crippen LogP contribution in [0.1, 0.15) is 80.7 Å². The Balaban J connectivity index is 1.32. The number of thiazole rings is 1. The summed E-state index contributed by atoms with van der Waals surface area (Å²) in [7, 11) is 0. The highest BCUT2D eigenvalue weighted by atomic mass is 32.1. The molecular formula is C25H29F3N6OS. The quantitative estimate of drug-likeness (QED) is 0.471. The summed E-state index contributed by atoms with van der Waals surface area (Å²) in [5.74, 6) is 5.60. The Bertz CT molecular complexity index is 1300. The van der Waals surface area contributed by atoms with E-state index in [4.69, 9.17) is 10.7 Å². The summed E-state index contributed by atoms with van der Waals surface area (Å²) >= 11 is 1.49. The Labute approximate surface area is 211 Å². The van der Waals surface area contributed by atoms with Crippen LogP contribution in [-0.4, -0.2) is 41.4 Å². The molecule has 2 aliphatic carbocycles. The molecule has 0 unspecified atom stereocenters. The number of hydrogen-bond donors (Lipinski definition) is 2. The number of aliphatic hydroxyl groups is 1. The predicted molar refractivity (Wildman–Crippen MR) is 131 cm³/mol. The molecule has 0 aromatic carbocycles. The van der Waals surface area contributed by atoms with E-state index in [2.05, 4.69) is 33.7 Å². The number of hydrogen-bond acceptors (Lipinski definition) is 7. The van der Waals surface area contributed by atoms with Gasteiger partial charge >= 0.3 is 6.18 Å². The number of rotatable bonds is 3. The van der Waals surface area contributed by atoms with Crippen LogP contribution in [0, 0.1) is 23.7 Å². The molecule has 7 nitrogen and oxygen atoms in total. The van der Waals surface area contributed by atoms with Gasteiger partial charge < -0.3 is 15.4 Å². The van der Waals surface area contributed by atoms with Crippen molar-refractivity contribution < 1.29 is 18.3 Å². The maximum atomic E-state index is 13.0. The predicted octanol–water partition coefficient (Wildman–Crippen LogP) is 5.04. The first kappa shape index (κ1) is 25.0. The maximum Gasteiger partial charge on any atom is 0.391 e.